The molecule has 108 valence electrons. The van der Waals surface area contributed by atoms with Gasteiger partial charge in [0, 0.05) is 12.6 Å². The summed E-state index contributed by atoms with van der Waals surface area (Å²) in [4.78, 5) is 33.9. The van der Waals surface area contributed by atoms with Crippen molar-refractivity contribution in [3.8, 4) is 0 Å². The molecule has 1 heterocycles. The number of carboxylic acid groups (broad SMARTS) is 1. The summed E-state index contributed by atoms with van der Waals surface area (Å²) in [6.45, 7) is -0.0582. The molecule has 1 aromatic heterocycles. The molecular weight excluding hydrogens is 274 g/mol. The molecule has 0 saturated carbocycles. The number of hydrogen-bond donors (Lipinski definition) is 2. The predicted octanol–water partition coefficient (Wildman–Crippen LogP) is 1.24. The van der Waals surface area contributed by atoms with Gasteiger partial charge in [-0.05, 0) is 11.6 Å². The van der Waals surface area contributed by atoms with E-state index in [1.807, 2.05) is 0 Å². The van der Waals surface area contributed by atoms with Crippen LogP contribution >= 0.6 is 0 Å². The molecule has 2 aromatic rings. The summed E-state index contributed by atoms with van der Waals surface area (Å²) in [5.41, 5.74) is 0.205. The van der Waals surface area contributed by atoms with Gasteiger partial charge in [0.05, 0.1) is 11.5 Å². The van der Waals surface area contributed by atoms with Gasteiger partial charge in [-0.2, -0.15) is 0 Å². The van der Waals surface area contributed by atoms with E-state index in [4.69, 9.17) is 0 Å². The Morgan fingerprint density at radius 1 is 1.14 bits per heavy atom. The predicted molar refractivity (Wildman–Crippen MR) is 74.1 cm³/mol. The van der Waals surface area contributed by atoms with E-state index >= 15 is 0 Å². The van der Waals surface area contributed by atoms with Crippen LogP contribution in [0.25, 0.3) is 0 Å². The van der Waals surface area contributed by atoms with Gasteiger partial charge >= 0.3 is 11.6 Å². The van der Waals surface area contributed by atoms with Gasteiger partial charge in [-0.3, -0.25) is 9.59 Å². The van der Waals surface area contributed by atoms with Gasteiger partial charge in [0.15, 0.2) is 0 Å². The van der Waals surface area contributed by atoms with Crippen molar-refractivity contribution in [1.29, 1.82) is 0 Å². The standard InChI is InChI=1S/C15H13NO5/c17-13-7-6-11(9-21-13)14(18)16-8-12(15(19)20)10-4-2-1-3-5-10/h1-7,9,12H,8H2,(H,16,18)(H,19,20). The second-order valence-electron chi connectivity index (χ2n) is 4.35. The summed E-state index contributed by atoms with van der Waals surface area (Å²) in [7, 11) is 0. The van der Waals surface area contributed by atoms with Crippen LogP contribution in [-0.4, -0.2) is 23.5 Å². The minimum absolute atomic E-state index is 0.0582. The molecule has 6 heteroatoms. The number of carboxylic acids is 1. The lowest BCUT2D eigenvalue weighted by Gasteiger charge is -2.13. The lowest BCUT2D eigenvalue weighted by atomic mass is 9.99. The Morgan fingerprint density at radius 2 is 1.86 bits per heavy atom. The summed E-state index contributed by atoms with van der Waals surface area (Å²) in [5.74, 6) is -2.37. The van der Waals surface area contributed by atoms with E-state index in [1.54, 1.807) is 30.3 Å². The van der Waals surface area contributed by atoms with Crippen molar-refractivity contribution in [3.63, 3.8) is 0 Å². The summed E-state index contributed by atoms with van der Waals surface area (Å²) in [5, 5.41) is 11.8. The molecule has 1 unspecified atom stereocenters. The quantitative estimate of drug-likeness (QED) is 0.862. The zero-order chi connectivity index (χ0) is 15.2. The van der Waals surface area contributed by atoms with Crippen LogP contribution in [0.15, 0.2) is 57.9 Å². The zero-order valence-electron chi connectivity index (χ0n) is 11.0. The molecule has 0 spiro atoms. The number of rotatable bonds is 5. The molecule has 0 bridgehead atoms. The number of nitrogens with one attached hydrogen (secondary N) is 1. The first-order valence-corrected chi connectivity index (χ1v) is 6.22. The number of carbonyl (C=O) groups is 2. The fourth-order valence-corrected chi connectivity index (χ4v) is 1.82. The Kier molecular flexibility index (Phi) is 4.50. The molecule has 1 aromatic carbocycles. The maximum atomic E-state index is 11.8. The molecule has 21 heavy (non-hydrogen) atoms. The first kappa shape index (κ1) is 14.5. The third-order valence-corrected chi connectivity index (χ3v) is 2.93. The van der Waals surface area contributed by atoms with Crippen molar-refractivity contribution < 1.29 is 19.1 Å². The molecule has 1 atom stereocenters. The van der Waals surface area contributed by atoms with Crippen molar-refractivity contribution in [2.24, 2.45) is 0 Å². The van der Waals surface area contributed by atoms with Crippen molar-refractivity contribution in [2.45, 2.75) is 5.92 Å². The van der Waals surface area contributed by atoms with Crippen molar-refractivity contribution >= 4 is 11.9 Å². The minimum Gasteiger partial charge on any atom is -0.481 e. The summed E-state index contributed by atoms with van der Waals surface area (Å²) in [6, 6.07) is 11.1. The van der Waals surface area contributed by atoms with Crippen LogP contribution in [-0.2, 0) is 4.79 Å². The van der Waals surface area contributed by atoms with Gasteiger partial charge in [-0.25, -0.2) is 4.79 Å². The second-order valence-corrected chi connectivity index (χ2v) is 4.35. The molecule has 0 saturated heterocycles. The first-order chi connectivity index (χ1) is 10.1. The van der Waals surface area contributed by atoms with E-state index in [2.05, 4.69) is 9.73 Å². The number of hydrogen-bond acceptors (Lipinski definition) is 4. The van der Waals surface area contributed by atoms with E-state index in [0.29, 0.717) is 5.56 Å². The summed E-state index contributed by atoms with van der Waals surface area (Å²) >= 11 is 0. The summed E-state index contributed by atoms with van der Waals surface area (Å²) < 4.78 is 4.59. The molecule has 1 amide bonds. The first-order valence-electron chi connectivity index (χ1n) is 6.22. The number of carbonyl (C=O) groups excluding carboxylic acids is 1. The van der Waals surface area contributed by atoms with Crippen LogP contribution in [0, 0.1) is 0 Å². The molecule has 0 fully saturated rings. The van der Waals surface area contributed by atoms with Crippen molar-refractivity contribution in [2.75, 3.05) is 6.54 Å². The second kappa shape index (κ2) is 6.51. The third kappa shape index (κ3) is 3.79. The average molecular weight is 287 g/mol. The number of aliphatic carboxylic acids is 1. The molecule has 0 radical (unpaired) electrons. The largest absolute Gasteiger partial charge is 0.481 e. The minimum atomic E-state index is -1.03. The normalized spacial score (nSPS) is 11.6. The molecule has 6 nitrogen and oxygen atoms in total. The van der Waals surface area contributed by atoms with Gasteiger partial charge in [0.2, 0.25) is 0 Å². The van der Waals surface area contributed by atoms with Gasteiger partial charge in [-0.15, -0.1) is 0 Å². The van der Waals surface area contributed by atoms with Gasteiger partial charge in [0.1, 0.15) is 6.26 Å². The highest BCUT2D eigenvalue weighted by Crippen LogP contribution is 2.14. The Labute approximate surface area is 120 Å². The smallest absolute Gasteiger partial charge is 0.335 e. The van der Waals surface area contributed by atoms with E-state index < -0.39 is 23.4 Å². The topological polar surface area (TPSA) is 96.6 Å². The average Bonchev–Trinajstić information content (AvgIpc) is 2.48. The highest BCUT2D eigenvalue weighted by molar-refractivity contribution is 5.94. The SMILES string of the molecule is O=C(NCC(C(=O)O)c1ccccc1)c1ccc(=O)oc1. The third-order valence-electron chi connectivity index (χ3n) is 2.93. The lowest BCUT2D eigenvalue weighted by molar-refractivity contribution is -0.138. The molecule has 2 rings (SSSR count). The van der Waals surface area contributed by atoms with Crippen LogP contribution in [0.5, 0.6) is 0 Å². The monoisotopic (exact) mass is 287 g/mol. The highest BCUT2D eigenvalue weighted by atomic mass is 16.4. The summed E-state index contributed by atoms with van der Waals surface area (Å²) in [6.07, 6.45) is 1.04. The maximum absolute atomic E-state index is 11.8. The van der Waals surface area contributed by atoms with Gasteiger partial charge < -0.3 is 14.8 Å². The number of amides is 1. The van der Waals surface area contributed by atoms with Crippen molar-refractivity contribution in [3.05, 3.63) is 70.3 Å². The fourth-order valence-electron chi connectivity index (χ4n) is 1.82. The fraction of sp³-hybridized carbons (Fsp3) is 0.133. The lowest BCUT2D eigenvalue weighted by Crippen LogP contribution is -2.31. The Bertz CT molecular complexity index is 672. The van der Waals surface area contributed by atoms with E-state index in [9.17, 15) is 19.5 Å². The highest BCUT2D eigenvalue weighted by Gasteiger charge is 2.20. The van der Waals surface area contributed by atoms with Crippen LogP contribution in [0.3, 0.4) is 0 Å². The van der Waals surface area contributed by atoms with E-state index in [0.717, 1.165) is 12.3 Å². The molecule has 0 aliphatic carbocycles. The molecule has 2 N–H and O–H groups in total. The van der Waals surface area contributed by atoms with Crippen molar-refractivity contribution in [1.82, 2.24) is 5.32 Å². The van der Waals surface area contributed by atoms with Crippen LogP contribution in [0.4, 0.5) is 0 Å². The Balaban J connectivity index is 2.06. The molecular formula is C15H13NO5. The van der Waals surface area contributed by atoms with Crippen LogP contribution < -0.4 is 10.9 Å². The van der Waals surface area contributed by atoms with E-state index in [-0.39, 0.29) is 12.1 Å². The molecule has 0 aliphatic rings. The van der Waals surface area contributed by atoms with Crippen LogP contribution in [0.1, 0.15) is 21.8 Å². The molecule has 0 aliphatic heterocycles. The number of benzene rings is 1. The Hall–Kier alpha value is -2.89. The zero-order valence-corrected chi connectivity index (χ0v) is 11.0. The van der Waals surface area contributed by atoms with Gasteiger partial charge in [0.25, 0.3) is 5.91 Å². The van der Waals surface area contributed by atoms with E-state index in [1.165, 1.54) is 6.07 Å². The Morgan fingerprint density at radius 3 is 2.43 bits per heavy atom. The maximum Gasteiger partial charge on any atom is 0.335 e. The van der Waals surface area contributed by atoms with Gasteiger partial charge in [-0.1, -0.05) is 30.3 Å². The van der Waals surface area contributed by atoms with Crippen LogP contribution in [0.2, 0.25) is 0 Å².